The summed E-state index contributed by atoms with van der Waals surface area (Å²) in [6.07, 6.45) is 1.76. The molecule has 0 atom stereocenters. The van der Waals surface area contributed by atoms with E-state index in [4.69, 9.17) is 4.74 Å². The van der Waals surface area contributed by atoms with E-state index in [2.05, 4.69) is 38.4 Å². The molecular formula is C6H8Br2O2. The van der Waals surface area contributed by atoms with Gasteiger partial charge in [-0.15, -0.1) is 0 Å². The molecule has 0 aliphatic carbocycles. The first kappa shape index (κ1) is 10.2. The second-order valence-electron chi connectivity index (χ2n) is 1.62. The van der Waals surface area contributed by atoms with E-state index in [1.54, 1.807) is 0 Å². The smallest absolute Gasteiger partial charge is 0.332 e. The average Bonchev–Trinajstić information content (AvgIpc) is 1.87. The number of hydrogen-bond acceptors (Lipinski definition) is 2. The van der Waals surface area contributed by atoms with E-state index < -0.39 is 9.39 Å². The molecule has 2 nitrogen and oxygen atoms in total. The summed E-state index contributed by atoms with van der Waals surface area (Å²) in [5.74, 6) is -0.449. The molecule has 0 amide bonds. The molecule has 0 saturated heterocycles. The summed E-state index contributed by atoms with van der Waals surface area (Å²) in [4.78, 5) is 10.6. The third kappa shape index (κ3) is 4.06. The van der Waals surface area contributed by atoms with Gasteiger partial charge in [-0.3, -0.25) is 0 Å². The molecule has 4 heteroatoms. The molecule has 0 spiro atoms. The molecule has 0 heterocycles. The number of carbonyl (C=O) groups excluding carboxylic acids is 1. The van der Waals surface area contributed by atoms with Gasteiger partial charge >= 0.3 is 5.97 Å². The predicted octanol–water partition coefficient (Wildman–Crippen LogP) is 2.57. The molecule has 0 saturated carbocycles. The number of carbonyl (C=O) groups is 1. The van der Waals surface area contributed by atoms with E-state index in [0.29, 0.717) is 6.42 Å². The van der Waals surface area contributed by atoms with E-state index in [0.717, 1.165) is 6.08 Å². The quantitative estimate of drug-likeness (QED) is 0.448. The largest absolute Gasteiger partial charge is 0.434 e. The molecule has 58 valence electrons. The maximum Gasteiger partial charge on any atom is 0.332 e. The lowest BCUT2D eigenvalue weighted by molar-refractivity contribution is -0.140. The molecule has 0 aromatic rings. The third-order valence-electron chi connectivity index (χ3n) is 0.828. The van der Waals surface area contributed by atoms with Gasteiger partial charge in [0.1, 0.15) is 0 Å². The number of ether oxygens (including phenoxy) is 1. The highest BCUT2D eigenvalue weighted by molar-refractivity contribution is 9.25. The third-order valence-corrected chi connectivity index (χ3v) is 2.27. The lowest BCUT2D eigenvalue weighted by Crippen LogP contribution is -2.18. The van der Waals surface area contributed by atoms with Crippen molar-refractivity contribution in [1.29, 1.82) is 0 Å². The molecular weight excluding hydrogens is 264 g/mol. The SMILES string of the molecule is C=CC(=O)OC(Br)(Br)CC. The first-order valence-electron chi connectivity index (χ1n) is 2.75. The summed E-state index contributed by atoms with van der Waals surface area (Å²) in [6, 6.07) is 0. The van der Waals surface area contributed by atoms with Crippen LogP contribution in [0.1, 0.15) is 13.3 Å². The van der Waals surface area contributed by atoms with Gasteiger partial charge in [0.05, 0.1) is 0 Å². The highest BCUT2D eigenvalue weighted by Gasteiger charge is 2.23. The molecule has 0 aliphatic rings. The van der Waals surface area contributed by atoms with Crippen LogP contribution in [0.3, 0.4) is 0 Å². The minimum Gasteiger partial charge on any atom is -0.434 e. The highest BCUT2D eigenvalue weighted by atomic mass is 79.9. The fourth-order valence-electron chi connectivity index (χ4n) is 0.261. The zero-order valence-corrected chi connectivity index (χ0v) is 8.74. The van der Waals surface area contributed by atoms with Crippen LogP contribution in [0.2, 0.25) is 0 Å². The predicted molar refractivity (Wildman–Crippen MR) is 47.2 cm³/mol. The van der Waals surface area contributed by atoms with Crippen molar-refractivity contribution in [3.05, 3.63) is 12.7 Å². The maximum absolute atomic E-state index is 10.6. The van der Waals surface area contributed by atoms with Crippen molar-refractivity contribution in [1.82, 2.24) is 0 Å². The first-order valence-corrected chi connectivity index (χ1v) is 4.33. The fourth-order valence-corrected chi connectivity index (χ4v) is 0.580. The number of halogens is 2. The van der Waals surface area contributed by atoms with Gasteiger partial charge in [0.25, 0.3) is 0 Å². The van der Waals surface area contributed by atoms with Crippen LogP contribution in [-0.4, -0.2) is 9.39 Å². The van der Waals surface area contributed by atoms with Gasteiger partial charge in [-0.2, -0.15) is 0 Å². The van der Waals surface area contributed by atoms with Gasteiger partial charge in [-0.1, -0.05) is 13.5 Å². The van der Waals surface area contributed by atoms with E-state index in [9.17, 15) is 4.79 Å². The van der Waals surface area contributed by atoms with Crippen molar-refractivity contribution in [2.75, 3.05) is 0 Å². The summed E-state index contributed by atoms with van der Waals surface area (Å²) in [5.41, 5.74) is 0. The first-order chi connectivity index (χ1) is 4.52. The Morgan fingerprint density at radius 2 is 2.30 bits per heavy atom. The van der Waals surface area contributed by atoms with E-state index in [1.165, 1.54) is 0 Å². The maximum atomic E-state index is 10.6. The van der Waals surface area contributed by atoms with Crippen LogP contribution in [0.4, 0.5) is 0 Å². The summed E-state index contributed by atoms with van der Waals surface area (Å²) in [6.45, 7) is 5.14. The van der Waals surface area contributed by atoms with Crippen molar-refractivity contribution in [3.63, 3.8) is 0 Å². The van der Waals surface area contributed by atoms with Crippen LogP contribution < -0.4 is 0 Å². The Kier molecular flexibility index (Phi) is 4.20. The summed E-state index contributed by atoms with van der Waals surface area (Å²) < 4.78 is 4.08. The molecule has 0 bridgehead atoms. The molecule has 0 fully saturated rings. The van der Waals surface area contributed by atoms with Crippen molar-refractivity contribution in [3.8, 4) is 0 Å². The second kappa shape index (κ2) is 4.13. The van der Waals surface area contributed by atoms with Crippen molar-refractivity contribution < 1.29 is 9.53 Å². The Labute approximate surface area is 76.9 Å². The molecule has 0 radical (unpaired) electrons. The van der Waals surface area contributed by atoms with Crippen molar-refractivity contribution >= 4 is 37.8 Å². The average molecular weight is 272 g/mol. The van der Waals surface area contributed by atoms with Crippen LogP contribution >= 0.6 is 31.9 Å². The number of alkyl halides is 2. The van der Waals surface area contributed by atoms with Crippen LogP contribution in [-0.2, 0) is 9.53 Å². The monoisotopic (exact) mass is 270 g/mol. The molecule has 0 rings (SSSR count). The van der Waals surface area contributed by atoms with Gasteiger partial charge in [0, 0.05) is 12.5 Å². The Bertz CT molecular complexity index is 143. The van der Waals surface area contributed by atoms with E-state index in [1.807, 2.05) is 6.92 Å². The number of hydrogen-bond donors (Lipinski definition) is 0. The van der Waals surface area contributed by atoms with Crippen LogP contribution in [0.15, 0.2) is 12.7 Å². The number of rotatable bonds is 3. The van der Waals surface area contributed by atoms with Gasteiger partial charge < -0.3 is 4.74 Å². The Morgan fingerprint density at radius 1 is 1.80 bits per heavy atom. The summed E-state index contributed by atoms with van der Waals surface area (Å²) >= 11 is 6.30. The minimum atomic E-state index is -0.731. The van der Waals surface area contributed by atoms with Crippen LogP contribution in [0, 0.1) is 0 Å². The topological polar surface area (TPSA) is 26.3 Å². The standard InChI is InChI=1S/C6H8Br2O2/c1-3-5(9)10-6(7,8)4-2/h3H,1,4H2,2H3. The van der Waals surface area contributed by atoms with Crippen molar-refractivity contribution in [2.45, 2.75) is 16.8 Å². The molecule has 0 N–H and O–H groups in total. The van der Waals surface area contributed by atoms with Gasteiger partial charge in [-0.05, 0) is 31.9 Å². The molecule has 0 aliphatic heterocycles. The Morgan fingerprint density at radius 3 is 2.60 bits per heavy atom. The van der Waals surface area contributed by atoms with Gasteiger partial charge in [-0.25, -0.2) is 4.79 Å². The molecule has 0 aromatic heterocycles. The summed E-state index contributed by atoms with van der Waals surface area (Å²) in [7, 11) is 0. The van der Waals surface area contributed by atoms with Crippen LogP contribution in [0.5, 0.6) is 0 Å². The van der Waals surface area contributed by atoms with Crippen LogP contribution in [0.25, 0.3) is 0 Å². The van der Waals surface area contributed by atoms with E-state index >= 15 is 0 Å². The Balaban J connectivity index is 3.87. The lowest BCUT2D eigenvalue weighted by Gasteiger charge is -2.17. The molecule has 0 unspecified atom stereocenters. The van der Waals surface area contributed by atoms with Gasteiger partial charge in [0.2, 0.25) is 3.42 Å². The van der Waals surface area contributed by atoms with Gasteiger partial charge in [0.15, 0.2) is 0 Å². The minimum absolute atomic E-state index is 0.449. The number of esters is 1. The highest BCUT2D eigenvalue weighted by Crippen LogP contribution is 2.31. The summed E-state index contributed by atoms with van der Waals surface area (Å²) in [5, 5.41) is 0. The lowest BCUT2D eigenvalue weighted by atomic mass is 10.5. The molecule has 10 heavy (non-hydrogen) atoms. The Hall–Kier alpha value is 0.170. The molecule has 0 aromatic carbocycles. The second-order valence-corrected chi connectivity index (χ2v) is 5.24. The van der Waals surface area contributed by atoms with Crippen molar-refractivity contribution in [2.24, 2.45) is 0 Å². The fraction of sp³-hybridized carbons (Fsp3) is 0.500. The zero-order chi connectivity index (χ0) is 8.20. The normalized spacial score (nSPS) is 10.7. The van der Waals surface area contributed by atoms with E-state index in [-0.39, 0.29) is 0 Å². The zero-order valence-electron chi connectivity index (χ0n) is 5.56.